The topological polar surface area (TPSA) is 29.9 Å². The van der Waals surface area contributed by atoms with Crippen molar-refractivity contribution in [3.8, 4) is 0 Å². The molecular weight excluding hydrogens is 193 g/mol. The Labute approximate surface area is 87.6 Å². The summed E-state index contributed by atoms with van der Waals surface area (Å²) < 4.78 is 14.8. The molecule has 0 saturated heterocycles. The van der Waals surface area contributed by atoms with E-state index in [1.807, 2.05) is 24.7 Å². The zero-order chi connectivity index (χ0) is 10.8. The predicted molar refractivity (Wildman–Crippen MR) is 57.6 cm³/mol. The van der Waals surface area contributed by atoms with Crippen LogP contribution in [0.25, 0.3) is 0 Å². The molecule has 0 spiro atoms. The Morgan fingerprint density at radius 3 is 2.87 bits per heavy atom. The lowest BCUT2D eigenvalue weighted by molar-refractivity contribution is 0.628. The SMILES string of the molecule is Cc1ccc(F)cc1Nc1nccn1C. The number of hydrogen-bond donors (Lipinski definition) is 1. The second-order valence-electron chi connectivity index (χ2n) is 3.45. The number of rotatable bonds is 2. The second-order valence-corrected chi connectivity index (χ2v) is 3.45. The van der Waals surface area contributed by atoms with Gasteiger partial charge in [0.15, 0.2) is 0 Å². The Morgan fingerprint density at radius 1 is 1.40 bits per heavy atom. The molecule has 0 aliphatic rings. The lowest BCUT2D eigenvalue weighted by atomic mass is 10.2. The van der Waals surface area contributed by atoms with Crippen LogP contribution in [0.2, 0.25) is 0 Å². The molecule has 0 fully saturated rings. The van der Waals surface area contributed by atoms with Gasteiger partial charge in [0.1, 0.15) is 5.82 Å². The molecule has 2 aromatic rings. The summed E-state index contributed by atoms with van der Waals surface area (Å²) in [6.45, 7) is 1.92. The maximum atomic E-state index is 13.0. The van der Waals surface area contributed by atoms with E-state index in [1.54, 1.807) is 12.3 Å². The predicted octanol–water partition coefficient (Wildman–Crippen LogP) is 2.61. The van der Waals surface area contributed by atoms with Gasteiger partial charge in [-0.15, -0.1) is 0 Å². The molecule has 2 rings (SSSR count). The fourth-order valence-electron chi connectivity index (χ4n) is 1.34. The summed E-state index contributed by atoms with van der Waals surface area (Å²) in [5, 5.41) is 3.07. The highest BCUT2D eigenvalue weighted by molar-refractivity contribution is 5.58. The number of aromatic nitrogens is 2. The normalized spacial score (nSPS) is 10.3. The Balaban J connectivity index is 2.32. The van der Waals surface area contributed by atoms with E-state index in [0.29, 0.717) is 5.95 Å². The van der Waals surface area contributed by atoms with Gasteiger partial charge in [0.25, 0.3) is 0 Å². The smallest absolute Gasteiger partial charge is 0.207 e. The minimum Gasteiger partial charge on any atom is -0.325 e. The summed E-state index contributed by atoms with van der Waals surface area (Å²) in [5.41, 5.74) is 1.73. The Morgan fingerprint density at radius 2 is 2.20 bits per heavy atom. The molecule has 1 N–H and O–H groups in total. The minimum absolute atomic E-state index is 0.252. The van der Waals surface area contributed by atoms with Crippen molar-refractivity contribution in [3.63, 3.8) is 0 Å². The highest BCUT2D eigenvalue weighted by atomic mass is 19.1. The molecule has 0 aliphatic heterocycles. The standard InChI is InChI=1S/C11H12FN3/c1-8-3-4-9(12)7-10(8)14-11-13-5-6-15(11)2/h3-7H,1-2H3,(H,13,14). The number of nitrogens with zero attached hydrogens (tertiary/aromatic N) is 2. The van der Waals surface area contributed by atoms with Crippen LogP contribution in [0.3, 0.4) is 0 Å². The van der Waals surface area contributed by atoms with E-state index in [0.717, 1.165) is 11.3 Å². The van der Waals surface area contributed by atoms with Crippen LogP contribution in [-0.2, 0) is 7.05 Å². The number of benzene rings is 1. The number of aryl methyl sites for hydroxylation is 2. The first-order chi connectivity index (χ1) is 7.16. The molecule has 1 aromatic carbocycles. The van der Waals surface area contributed by atoms with Gasteiger partial charge in [0.05, 0.1) is 0 Å². The molecule has 0 radical (unpaired) electrons. The van der Waals surface area contributed by atoms with Crippen LogP contribution in [0, 0.1) is 12.7 Å². The summed E-state index contributed by atoms with van der Waals surface area (Å²) in [6, 6.07) is 4.64. The van der Waals surface area contributed by atoms with E-state index in [4.69, 9.17) is 0 Å². The highest BCUT2D eigenvalue weighted by Gasteiger charge is 2.03. The van der Waals surface area contributed by atoms with Crippen molar-refractivity contribution >= 4 is 11.6 Å². The van der Waals surface area contributed by atoms with Gasteiger partial charge in [-0.25, -0.2) is 9.37 Å². The van der Waals surface area contributed by atoms with Crippen molar-refractivity contribution in [1.29, 1.82) is 0 Å². The largest absolute Gasteiger partial charge is 0.325 e. The van der Waals surface area contributed by atoms with Gasteiger partial charge >= 0.3 is 0 Å². The first-order valence-corrected chi connectivity index (χ1v) is 4.67. The number of nitrogens with one attached hydrogen (secondary N) is 1. The molecule has 15 heavy (non-hydrogen) atoms. The third-order valence-electron chi connectivity index (χ3n) is 2.27. The first kappa shape index (κ1) is 9.71. The summed E-state index contributed by atoms with van der Waals surface area (Å²) in [4.78, 5) is 4.11. The van der Waals surface area contributed by atoms with Gasteiger partial charge < -0.3 is 9.88 Å². The molecule has 0 atom stereocenters. The van der Waals surface area contributed by atoms with E-state index >= 15 is 0 Å². The summed E-state index contributed by atoms with van der Waals surface area (Å²) >= 11 is 0. The third kappa shape index (κ3) is 1.98. The summed E-state index contributed by atoms with van der Waals surface area (Å²) in [6.07, 6.45) is 3.52. The molecule has 0 aliphatic carbocycles. The van der Waals surface area contributed by atoms with E-state index < -0.39 is 0 Å². The number of hydrogen-bond acceptors (Lipinski definition) is 2. The van der Waals surface area contributed by atoms with Gasteiger partial charge in [-0.2, -0.15) is 0 Å². The highest BCUT2D eigenvalue weighted by Crippen LogP contribution is 2.19. The maximum Gasteiger partial charge on any atom is 0.207 e. The van der Waals surface area contributed by atoms with E-state index in [-0.39, 0.29) is 5.82 Å². The monoisotopic (exact) mass is 205 g/mol. The molecule has 78 valence electrons. The van der Waals surface area contributed by atoms with Crippen LogP contribution in [-0.4, -0.2) is 9.55 Å². The maximum absolute atomic E-state index is 13.0. The van der Waals surface area contributed by atoms with Crippen molar-refractivity contribution in [3.05, 3.63) is 42.0 Å². The van der Waals surface area contributed by atoms with E-state index in [9.17, 15) is 4.39 Å². The number of imidazole rings is 1. The molecule has 0 unspecified atom stereocenters. The van der Waals surface area contributed by atoms with Gasteiger partial charge in [-0.1, -0.05) is 6.07 Å². The fraction of sp³-hybridized carbons (Fsp3) is 0.182. The molecule has 4 heteroatoms. The van der Waals surface area contributed by atoms with Gasteiger partial charge in [0, 0.05) is 25.1 Å². The third-order valence-corrected chi connectivity index (χ3v) is 2.27. The molecular formula is C11H12FN3. The molecule has 1 heterocycles. The molecule has 0 bridgehead atoms. The van der Waals surface area contributed by atoms with Crippen LogP contribution >= 0.6 is 0 Å². The van der Waals surface area contributed by atoms with E-state index in [2.05, 4.69) is 10.3 Å². The molecule has 0 saturated carbocycles. The van der Waals surface area contributed by atoms with Crippen LogP contribution in [0.1, 0.15) is 5.56 Å². The van der Waals surface area contributed by atoms with Crippen molar-refractivity contribution in [2.45, 2.75) is 6.92 Å². The zero-order valence-electron chi connectivity index (χ0n) is 8.66. The average molecular weight is 205 g/mol. The Hall–Kier alpha value is -1.84. The second kappa shape index (κ2) is 3.73. The van der Waals surface area contributed by atoms with Gasteiger partial charge in [0.2, 0.25) is 5.95 Å². The van der Waals surface area contributed by atoms with Crippen LogP contribution in [0.15, 0.2) is 30.6 Å². The molecule has 3 nitrogen and oxygen atoms in total. The van der Waals surface area contributed by atoms with Crippen molar-refractivity contribution in [1.82, 2.24) is 9.55 Å². The van der Waals surface area contributed by atoms with Crippen molar-refractivity contribution < 1.29 is 4.39 Å². The van der Waals surface area contributed by atoms with Crippen molar-refractivity contribution in [2.24, 2.45) is 7.05 Å². The fourth-order valence-corrected chi connectivity index (χ4v) is 1.34. The summed E-state index contributed by atoms with van der Waals surface area (Å²) in [7, 11) is 1.88. The minimum atomic E-state index is -0.252. The quantitative estimate of drug-likeness (QED) is 0.816. The number of anilines is 2. The van der Waals surface area contributed by atoms with Crippen molar-refractivity contribution in [2.75, 3.05) is 5.32 Å². The van der Waals surface area contributed by atoms with Crippen LogP contribution in [0.4, 0.5) is 16.0 Å². The Kier molecular flexibility index (Phi) is 2.41. The molecule has 1 aromatic heterocycles. The lowest BCUT2D eigenvalue weighted by Crippen LogP contribution is -2.00. The summed E-state index contributed by atoms with van der Waals surface area (Å²) in [5.74, 6) is 0.445. The van der Waals surface area contributed by atoms with E-state index in [1.165, 1.54) is 12.1 Å². The zero-order valence-corrected chi connectivity index (χ0v) is 8.66. The Bertz CT molecular complexity index is 476. The lowest BCUT2D eigenvalue weighted by Gasteiger charge is -2.08. The first-order valence-electron chi connectivity index (χ1n) is 4.67. The van der Waals surface area contributed by atoms with Gasteiger partial charge in [-0.3, -0.25) is 0 Å². The van der Waals surface area contributed by atoms with Crippen LogP contribution < -0.4 is 5.32 Å². The average Bonchev–Trinajstić information content (AvgIpc) is 2.58. The molecule has 0 amide bonds. The van der Waals surface area contributed by atoms with Gasteiger partial charge in [-0.05, 0) is 24.6 Å². The van der Waals surface area contributed by atoms with Crippen LogP contribution in [0.5, 0.6) is 0 Å². The number of halogens is 1.